The molecule has 3 aliphatic rings. The third-order valence-corrected chi connectivity index (χ3v) is 4.88. The minimum Gasteiger partial charge on any atom is -0.352 e. The number of hydrogen-bond acceptors (Lipinski definition) is 7. The number of phosphoric acid groups is 1. The molecule has 0 saturated carbocycles. The number of phosphoric ester groups is 1. The molecule has 0 radical (unpaired) electrons. The van der Waals surface area contributed by atoms with E-state index < -0.39 is 26.7 Å². The summed E-state index contributed by atoms with van der Waals surface area (Å²) in [5, 5.41) is 0. The fourth-order valence-electron chi connectivity index (χ4n) is 2.40. The van der Waals surface area contributed by atoms with E-state index in [9.17, 15) is 4.57 Å². The molecule has 3 atom stereocenters. The fourth-order valence-corrected chi connectivity index (χ4v) is 3.91. The van der Waals surface area contributed by atoms with Crippen LogP contribution in [0.2, 0.25) is 0 Å². The van der Waals surface area contributed by atoms with Crippen LogP contribution in [0.15, 0.2) is 0 Å². The molecule has 3 aliphatic heterocycles. The molecule has 3 fully saturated rings. The molecule has 0 aromatic heterocycles. The van der Waals surface area contributed by atoms with E-state index >= 15 is 0 Å². The Labute approximate surface area is 118 Å². The first-order chi connectivity index (χ1) is 9.73. The van der Waals surface area contributed by atoms with E-state index in [1.807, 2.05) is 0 Å². The van der Waals surface area contributed by atoms with Gasteiger partial charge in [0.1, 0.15) is 0 Å². The summed E-state index contributed by atoms with van der Waals surface area (Å²) in [7, 11) is -3.74. The van der Waals surface area contributed by atoms with Crippen LogP contribution in [0.3, 0.4) is 0 Å². The van der Waals surface area contributed by atoms with E-state index in [-0.39, 0.29) is 0 Å². The zero-order valence-corrected chi connectivity index (χ0v) is 12.3. The van der Waals surface area contributed by atoms with Gasteiger partial charge in [0.15, 0.2) is 18.9 Å². The molecule has 3 heterocycles. The number of hydrogen-bond donors (Lipinski definition) is 0. The summed E-state index contributed by atoms with van der Waals surface area (Å²) >= 11 is 0. The maximum Gasteiger partial charge on any atom is 0.481 e. The first-order valence-electron chi connectivity index (χ1n) is 7.24. The van der Waals surface area contributed by atoms with Crippen molar-refractivity contribution in [2.45, 2.75) is 57.4 Å². The van der Waals surface area contributed by atoms with Crippen molar-refractivity contribution in [2.24, 2.45) is 0 Å². The molecule has 3 unspecified atom stereocenters. The maximum atomic E-state index is 12.8. The van der Waals surface area contributed by atoms with Gasteiger partial charge in [0.25, 0.3) is 0 Å². The van der Waals surface area contributed by atoms with E-state index in [1.165, 1.54) is 0 Å². The van der Waals surface area contributed by atoms with Gasteiger partial charge in [-0.05, 0) is 19.3 Å². The SMILES string of the molecule is O=P(OC1CCCO1)(OC1CCCO1)OC1CCCO1. The topological polar surface area (TPSA) is 72.5 Å². The monoisotopic (exact) mass is 308 g/mol. The van der Waals surface area contributed by atoms with Crippen molar-refractivity contribution < 1.29 is 32.3 Å². The first-order valence-corrected chi connectivity index (χ1v) is 8.70. The quantitative estimate of drug-likeness (QED) is 0.698. The van der Waals surface area contributed by atoms with Gasteiger partial charge in [-0.3, -0.25) is 13.6 Å². The van der Waals surface area contributed by atoms with E-state index in [2.05, 4.69) is 0 Å². The third kappa shape index (κ3) is 4.01. The lowest BCUT2D eigenvalue weighted by Crippen LogP contribution is -2.20. The normalized spacial score (nSPS) is 37.3. The Kier molecular flexibility index (Phi) is 5.09. The minimum absolute atomic E-state index is 0.538. The van der Waals surface area contributed by atoms with Crippen molar-refractivity contribution in [1.82, 2.24) is 0 Å². The molecule has 0 spiro atoms. The summed E-state index contributed by atoms with van der Waals surface area (Å²) in [5.41, 5.74) is 0. The van der Waals surface area contributed by atoms with Crippen molar-refractivity contribution in [1.29, 1.82) is 0 Å². The summed E-state index contributed by atoms with van der Waals surface area (Å²) in [6.45, 7) is 1.81. The van der Waals surface area contributed by atoms with Crippen molar-refractivity contribution in [3.8, 4) is 0 Å². The van der Waals surface area contributed by atoms with Crippen LogP contribution in [0.4, 0.5) is 0 Å². The predicted octanol–water partition coefficient (Wildman–Crippen LogP) is 2.55. The van der Waals surface area contributed by atoms with Crippen LogP contribution in [0.1, 0.15) is 38.5 Å². The average molecular weight is 308 g/mol. The standard InChI is InChI=1S/C12H21O7P/c13-20(17-10-4-1-7-14-10,18-11-5-2-8-15-11)19-12-6-3-9-16-12/h10-12H,1-9H2. The van der Waals surface area contributed by atoms with Crippen LogP contribution in [0.5, 0.6) is 0 Å². The summed E-state index contributed by atoms with van der Waals surface area (Å²) in [4.78, 5) is 0. The van der Waals surface area contributed by atoms with Gasteiger partial charge < -0.3 is 14.2 Å². The Morgan fingerprint density at radius 3 is 1.30 bits per heavy atom. The predicted molar refractivity (Wildman–Crippen MR) is 67.8 cm³/mol. The summed E-state index contributed by atoms with van der Waals surface area (Å²) in [5.74, 6) is 0. The van der Waals surface area contributed by atoms with E-state index in [0.717, 1.165) is 19.3 Å². The largest absolute Gasteiger partial charge is 0.481 e. The number of rotatable bonds is 6. The van der Waals surface area contributed by atoms with E-state index in [0.29, 0.717) is 39.1 Å². The van der Waals surface area contributed by atoms with Crippen molar-refractivity contribution in [2.75, 3.05) is 19.8 Å². The molecule has 0 N–H and O–H groups in total. The van der Waals surface area contributed by atoms with Gasteiger partial charge in [0, 0.05) is 39.1 Å². The molecule has 0 amide bonds. The van der Waals surface area contributed by atoms with Gasteiger partial charge in [-0.1, -0.05) is 0 Å². The molecule has 0 aromatic rings. The van der Waals surface area contributed by atoms with Gasteiger partial charge in [0.2, 0.25) is 0 Å². The molecule has 20 heavy (non-hydrogen) atoms. The van der Waals surface area contributed by atoms with Gasteiger partial charge in [-0.15, -0.1) is 0 Å². The van der Waals surface area contributed by atoms with Gasteiger partial charge >= 0.3 is 7.82 Å². The second-order valence-corrected chi connectivity index (χ2v) is 6.62. The Balaban J connectivity index is 1.61. The van der Waals surface area contributed by atoms with Crippen molar-refractivity contribution >= 4 is 7.82 Å². The van der Waals surface area contributed by atoms with Gasteiger partial charge in [0.05, 0.1) is 0 Å². The van der Waals surface area contributed by atoms with Crippen LogP contribution >= 0.6 is 7.82 Å². The van der Waals surface area contributed by atoms with Gasteiger partial charge in [-0.25, -0.2) is 4.57 Å². The van der Waals surface area contributed by atoms with Crippen LogP contribution in [-0.2, 0) is 32.3 Å². The van der Waals surface area contributed by atoms with Crippen LogP contribution in [-0.4, -0.2) is 38.7 Å². The van der Waals surface area contributed by atoms with E-state index in [1.54, 1.807) is 0 Å². The van der Waals surface area contributed by atoms with E-state index in [4.69, 9.17) is 27.8 Å². The maximum absolute atomic E-state index is 12.8. The third-order valence-electron chi connectivity index (χ3n) is 3.40. The number of ether oxygens (including phenoxy) is 3. The Morgan fingerprint density at radius 1 is 0.700 bits per heavy atom. The zero-order chi connectivity index (χ0) is 13.8. The van der Waals surface area contributed by atoms with Crippen LogP contribution in [0, 0.1) is 0 Å². The average Bonchev–Trinajstić information content (AvgIpc) is 3.11. The summed E-state index contributed by atoms with van der Waals surface area (Å²) < 4.78 is 45.2. The highest BCUT2D eigenvalue weighted by Gasteiger charge is 2.40. The zero-order valence-electron chi connectivity index (χ0n) is 11.4. The molecular formula is C12H21O7P. The second-order valence-electron chi connectivity index (χ2n) is 5.09. The molecule has 3 rings (SSSR count). The minimum atomic E-state index is -3.74. The Hall–Kier alpha value is -0.0100. The highest BCUT2D eigenvalue weighted by atomic mass is 31.2. The molecule has 8 heteroatoms. The van der Waals surface area contributed by atoms with Crippen LogP contribution in [0.25, 0.3) is 0 Å². The smallest absolute Gasteiger partial charge is 0.352 e. The molecular weight excluding hydrogens is 287 g/mol. The summed E-state index contributed by atoms with van der Waals surface area (Å²) in [6.07, 6.45) is 3.09. The molecule has 0 aromatic carbocycles. The van der Waals surface area contributed by atoms with Crippen molar-refractivity contribution in [3.05, 3.63) is 0 Å². The molecule has 7 nitrogen and oxygen atoms in total. The van der Waals surface area contributed by atoms with Gasteiger partial charge in [-0.2, -0.15) is 0 Å². The molecule has 3 saturated heterocycles. The molecule has 0 bridgehead atoms. The Morgan fingerprint density at radius 2 is 1.05 bits per heavy atom. The van der Waals surface area contributed by atoms with Crippen LogP contribution < -0.4 is 0 Å². The highest BCUT2D eigenvalue weighted by Crippen LogP contribution is 2.55. The molecule has 116 valence electrons. The lowest BCUT2D eigenvalue weighted by Gasteiger charge is -2.25. The lowest BCUT2D eigenvalue weighted by molar-refractivity contribution is -0.129. The first kappa shape index (κ1) is 14.9. The summed E-state index contributed by atoms with van der Waals surface area (Å²) in [6, 6.07) is 0. The fraction of sp³-hybridized carbons (Fsp3) is 1.00. The highest BCUT2D eigenvalue weighted by molar-refractivity contribution is 7.48. The Bertz CT molecular complexity index is 293. The van der Waals surface area contributed by atoms with Crippen molar-refractivity contribution in [3.63, 3.8) is 0 Å². The lowest BCUT2D eigenvalue weighted by atomic mass is 10.4. The second kappa shape index (κ2) is 6.83. The molecule has 0 aliphatic carbocycles.